The summed E-state index contributed by atoms with van der Waals surface area (Å²) >= 11 is 0. The third-order valence-electron chi connectivity index (χ3n) is 3.52. The average molecular weight is 271 g/mol. The van der Waals surface area contributed by atoms with Gasteiger partial charge in [0.15, 0.2) is 0 Å². The number of esters is 1. The summed E-state index contributed by atoms with van der Waals surface area (Å²) in [4.78, 5) is 22.3. The molecule has 1 aliphatic heterocycles. The van der Waals surface area contributed by atoms with Gasteiger partial charge in [0.05, 0.1) is 0 Å². The Morgan fingerprint density at radius 1 is 1.42 bits per heavy atom. The summed E-state index contributed by atoms with van der Waals surface area (Å²) in [6.45, 7) is 3.71. The molecule has 0 aromatic rings. The van der Waals surface area contributed by atoms with Crippen molar-refractivity contribution in [2.45, 2.75) is 77.0 Å². The van der Waals surface area contributed by atoms with Gasteiger partial charge in [-0.3, -0.25) is 14.9 Å². The van der Waals surface area contributed by atoms with Gasteiger partial charge in [0.1, 0.15) is 18.2 Å². The van der Waals surface area contributed by atoms with E-state index in [1.54, 1.807) is 0 Å². The fourth-order valence-corrected chi connectivity index (χ4v) is 2.32. The first-order valence-corrected chi connectivity index (χ1v) is 7.24. The Bertz CT molecular complexity index is 306. The van der Waals surface area contributed by atoms with Gasteiger partial charge in [0.25, 0.3) is 0 Å². The van der Waals surface area contributed by atoms with Crippen molar-refractivity contribution < 1.29 is 19.4 Å². The highest BCUT2D eigenvalue weighted by atomic mass is 16.6. The maximum absolute atomic E-state index is 11.6. The molecular weight excluding hydrogens is 246 g/mol. The lowest BCUT2D eigenvalue weighted by atomic mass is 10.0. The predicted molar refractivity (Wildman–Crippen MR) is 71.9 cm³/mol. The van der Waals surface area contributed by atoms with Gasteiger partial charge in [0, 0.05) is 6.42 Å². The van der Waals surface area contributed by atoms with Gasteiger partial charge in [-0.15, -0.1) is 0 Å². The molecule has 0 radical (unpaired) electrons. The lowest BCUT2D eigenvalue weighted by Crippen LogP contribution is -2.43. The maximum Gasteiger partial charge on any atom is 0.323 e. The second-order valence-corrected chi connectivity index (χ2v) is 5.28. The van der Waals surface area contributed by atoms with Gasteiger partial charge in [-0.1, -0.05) is 32.6 Å². The number of ether oxygens (including phenoxy) is 1. The van der Waals surface area contributed by atoms with Gasteiger partial charge in [-0.05, 0) is 19.8 Å². The number of carboxylic acids is 1. The minimum atomic E-state index is -0.948. The number of unbranched alkanes of at least 4 members (excludes halogenated alkanes) is 4. The van der Waals surface area contributed by atoms with Crippen molar-refractivity contribution >= 4 is 11.9 Å². The standard InChI is InChI=1S/C14H25NO4/c1-3-4-5-6-7-8-11-9-12(14(18)19-11)15-10(2)13(16)17/h10-12,15H,3-9H2,1-2H3,(H,16,17)/t10-,11?,12?/m0/s1. The molecule has 0 aromatic heterocycles. The van der Waals surface area contributed by atoms with Crippen LogP contribution in [0.1, 0.15) is 58.8 Å². The number of hydrogen-bond donors (Lipinski definition) is 2. The Morgan fingerprint density at radius 3 is 2.74 bits per heavy atom. The summed E-state index contributed by atoms with van der Waals surface area (Å²) in [7, 11) is 0. The number of nitrogens with one attached hydrogen (secondary N) is 1. The molecule has 0 saturated carbocycles. The van der Waals surface area contributed by atoms with Gasteiger partial charge < -0.3 is 9.84 Å². The predicted octanol–water partition coefficient (Wildman–Crippen LogP) is 2.09. The number of cyclic esters (lactones) is 1. The molecule has 5 nitrogen and oxygen atoms in total. The second kappa shape index (κ2) is 8.15. The van der Waals surface area contributed by atoms with E-state index in [9.17, 15) is 9.59 Å². The summed E-state index contributed by atoms with van der Waals surface area (Å²) in [5, 5.41) is 11.6. The van der Waals surface area contributed by atoms with Crippen molar-refractivity contribution in [2.75, 3.05) is 0 Å². The van der Waals surface area contributed by atoms with Crippen LogP contribution in [0.15, 0.2) is 0 Å². The number of hydrogen-bond acceptors (Lipinski definition) is 4. The molecule has 2 N–H and O–H groups in total. The Morgan fingerprint density at radius 2 is 2.11 bits per heavy atom. The van der Waals surface area contributed by atoms with Crippen LogP contribution < -0.4 is 5.32 Å². The molecule has 0 spiro atoms. The zero-order valence-corrected chi connectivity index (χ0v) is 11.9. The van der Waals surface area contributed by atoms with Crippen LogP contribution in [0.25, 0.3) is 0 Å². The molecule has 1 heterocycles. The Kier molecular flexibility index (Phi) is 6.84. The number of carbonyl (C=O) groups excluding carboxylic acids is 1. The second-order valence-electron chi connectivity index (χ2n) is 5.28. The molecule has 5 heteroatoms. The van der Waals surface area contributed by atoms with E-state index in [-0.39, 0.29) is 12.1 Å². The normalized spacial score (nSPS) is 24.2. The van der Waals surface area contributed by atoms with Crippen LogP contribution in [-0.4, -0.2) is 35.2 Å². The highest BCUT2D eigenvalue weighted by molar-refractivity contribution is 5.80. The van der Waals surface area contributed by atoms with Crippen molar-refractivity contribution in [1.29, 1.82) is 0 Å². The molecule has 110 valence electrons. The zero-order valence-electron chi connectivity index (χ0n) is 11.9. The summed E-state index contributed by atoms with van der Waals surface area (Å²) in [5.41, 5.74) is 0. The Balaban J connectivity index is 2.22. The lowest BCUT2D eigenvalue weighted by molar-refractivity contribution is -0.144. The SMILES string of the molecule is CCCCCCCC1CC(N[C@@H](C)C(=O)O)C(=O)O1. The van der Waals surface area contributed by atoms with Crippen LogP contribution in [-0.2, 0) is 14.3 Å². The lowest BCUT2D eigenvalue weighted by Gasteiger charge is -2.12. The van der Waals surface area contributed by atoms with Crippen molar-refractivity contribution in [3.8, 4) is 0 Å². The first-order chi connectivity index (χ1) is 9.04. The topological polar surface area (TPSA) is 75.6 Å². The third-order valence-corrected chi connectivity index (χ3v) is 3.52. The fourth-order valence-electron chi connectivity index (χ4n) is 2.32. The molecular formula is C14H25NO4. The van der Waals surface area contributed by atoms with E-state index in [4.69, 9.17) is 9.84 Å². The van der Waals surface area contributed by atoms with Crippen LogP contribution in [0.3, 0.4) is 0 Å². The number of aliphatic carboxylic acids is 1. The van der Waals surface area contributed by atoms with E-state index in [2.05, 4.69) is 12.2 Å². The molecule has 0 aromatic carbocycles. The van der Waals surface area contributed by atoms with E-state index in [1.807, 2.05) is 0 Å². The minimum Gasteiger partial charge on any atom is -0.480 e. The summed E-state index contributed by atoms with van der Waals surface area (Å²) in [6, 6.07) is -1.19. The fraction of sp³-hybridized carbons (Fsp3) is 0.857. The van der Waals surface area contributed by atoms with Crippen LogP contribution in [0.4, 0.5) is 0 Å². The summed E-state index contributed by atoms with van der Waals surface area (Å²) in [5.74, 6) is -1.26. The Labute approximate surface area is 114 Å². The van der Waals surface area contributed by atoms with Crippen LogP contribution in [0, 0.1) is 0 Å². The average Bonchev–Trinajstić information content (AvgIpc) is 2.69. The molecule has 2 unspecified atom stereocenters. The summed E-state index contributed by atoms with van der Waals surface area (Å²) < 4.78 is 5.27. The van der Waals surface area contributed by atoms with E-state index < -0.39 is 18.1 Å². The summed E-state index contributed by atoms with van der Waals surface area (Å²) in [6.07, 6.45) is 7.37. The van der Waals surface area contributed by atoms with Gasteiger partial charge in [-0.2, -0.15) is 0 Å². The number of rotatable bonds is 9. The minimum absolute atomic E-state index is 0.0485. The molecule has 0 amide bonds. The molecule has 1 saturated heterocycles. The highest BCUT2D eigenvalue weighted by Crippen LogP contribution is 2.21. The molecule has 1 fully saturated rings. The highest BCUT2D eigenvalue weighted by Gasteiger charge is 2.35. The number of carboxylic acid groups (broad SMARTS) is 1. The molecule has 0 bridgehead atoms. The largest absolute Gasteiger partial charge is 0.480 e. The van der Waals surface area contributed by atoms with Crippen LogP contribution >= 0.6 is 0 Å². The maximum atomic E-state index is 11.6. The van der Waals surface area contributed by atoms with E-state index in [0.717, 1.165) is 12.8 Å². The smallest absolute Gasteiger partial charge is 0.323 e. The van der Waals surface area contributed by atoms with Crippen molar-refractivity contribution in [3.63, 3.8) is 0 Å². The van der Waals surface area contributed by atoms with Crippen LogP contribution in [0.2, 0.25) is 0 Å². The first-order valence-electron chi connectivity index (χ1n) is 7.24. The zero-order chi connectivity index (χ0) is 14.3. The van der Waals surface area contributed by atoms with Crippen molar-refractivity contribution in [3.05, 3.63) is 0 Å². The quantitative estimate of drug-likeness (QED) is 0.496. The van der Waals surface area contributed by atoms with E-state index >= 15 is 0 Å². The third kappa shape index (κ3) is 5.59. The number of carbonyl (C=O) groups is 2. The molecule has 1 rings (SSSR count). The van der Waals surface area contributed by atoms with Gasteiger partial charge >= 0.3 is 11.9 Å². The monoisotopic (exact) mass is 271 g/mol. The van der Waals surface area contributed by atoms with Gasteiger partial charge in [-0.25, -0.2) is 0 Å². The Hall–Kier alpha value is -1.10. The van der Waals surface area contributed by atoms with E-state index in [0.29, 0.717) is 6.42 Å². The molecule has 19 heavy (non-hydrogen) atoms. The van der Waals surface area contributed by atoms with Crippen molar-refractivity contribution in [1.82, 2.24) is 5.32 Å². The molecule has 0 aliphatic carbocycles. The first kappa shape index (κ1) is 16.0. The molecule has 1 aliphatic rings. The molecule has 3 atom stereocenters. The van der Waals surface area contributed by atoms with Crippen LogP contribution in [0.5, 0.6) is 0 Å². The van der Waals surface area contributed by atoms with E-state index in [1.165, 1.54) is 32.6 Å². The van der Waals surface area contributed by atoms with Gasteiger partial charge in [0.2, 0.25) is 0 Å². The van der Waals surface area contributed by atoms with Crippen molar-refractivity contribution in [2.24, 2.45) is 0 Å².